The van der Waals surface area contributed by atoms with E-state index >= 15 is 0 Å². The third kappa shape index (κ3) is 2.79. The molecule has 1 aliphatic heterocycles. The van der Waals surface area contributed by atoms with E-state index in [-0.39, 0.29) is 12.5 Å². The van der Waals surface area contributed by atoms with Crippen molar-refractivity contribution in [2.45, 2.75) is 29.8 Å². The molecular weight excluding hydrogens is 301 g/mol. The van der Waals surface area contributed by atoms with E-state index in [2.05, 4.69) is 0 Å². The maximum absolute atomic E-state index is 12.0. The highest BCUT2D eigenvalue weighted by atomic mass is 35.5. The fraction of sp³-hybridized carbons (Fsp3) is 0.500. The quantitative estimate of drug-likeness (QED) is 0.829. The molecule has 0 aromatic heterocycles. The first-order valence-corrected chi connectivity index (χ1v) is 7.27. The van der Waals surface area contributed by atoms with Crippen molar-refractivity contribution >= 4 is 29.1 Å². The summed E-state index contributed by atoms with van der Waals surface area (Å²) in [5, 5.41) is 19.8. The molecule has 110 valence electrons. The first-order chi connectivity index (χ1) is 9.47. The lowest BCUT2D eigenvalue weighted by Crippen LogP contribution is -2.44. The maximum Gasteiger partial charge on any atom is 0.256 e. The lowest BCUT2D eigenvalue weighted by molar-refractivity contribution is -0.131. The van der Waals surface area contributed by atoms with Crippen LogP contribution in [0.15, 0.2) is 24.3 Å². The van der Waals surface area contributed by atoms with Crippen LogP contribution >= 0.6 is 23.2 Å². The third-order valence-corrected chi connectivity index (χ3v) is 4.22. The molecule has 6 heteroatoms. The van der Waals surface area contributed by atoms with Gasteiger partial charge in [0.15, 0.2) is 4.84 Å². The highest BCUT2D eigenvalue weighted by molar-refractivity contribution is 6.53. The molecule has 1 aromatic carbocycles. The standard InChI is InChI=1S/C14H17Cl2NO3/c1-8-4-2-3-5-9(8)10-6-17(14(20)13(15)16)11(7-18)12(10)19/h2-5,10-13,18-19H,6-7H2,1H3/t10-,11-,12-/m1/s1. The third-order valence-electron chi connectivity index (χ3n) is 3.84. The second kappa shape index (κ2) is 6.31. The summed E-state index contributed by atoms with van der Waals surface area (Å²) in [5.74, 6) is -0.730. The van der Waals surface area contributed by atoms with Gasteiger partial charge in [0.2, 0.25) is 0 Å². The summed E-state index contributed by atoms with van der Waals surface area (Å²) in [6.45, 7) is 1.92. The molecule has 0 spiro atoms. The van der Waals surface area contributed by atoms with E-state index in [0.717, 1.165) is 11.1 Å². The Balaban J connectivity index is 2.30. The second-order valence-electron chi connectivity index (χ2n) is 4.99. The minimum Gasteiger partial charge on any atom is -0.394 e. The zero-order valence-electron chi connectivity index (χ0n) is 11.0. The molecule has 1 aliphatic rings. The summed E-state index contributed by atoms with van der Waals surface area (Å²) < 4.78 is 0. The lowest BCUT2D eigenvalue weighted by atomic mass is 9.90. The van der Waals surface area contributed by atoms with Gasteiger partial charge in [-0.05, 0) is 18.1 Å². The molecule has 1 amide bonds. The molecule has 1 aromatic rings. The van der Waals surface area contributed by atoms with Crippen molar-refractivity contribution in [2.75, 3.05) is 13.2 Å². The highest BCUT2D eigenvalue weighted by Crippen LogP contribution is 2.34. The van der Waals surface area contributed by atoms with Crippen molar-refractivity contribution in [3.8, 4) is 0 Å². The zero-order chi connectivity index (χ0) is 14.9. The SMILES string of the molecule is Cc1ccccc1[C@H]1CN(C(=O)C(Cl)Cl)[C@H](CO)[C@@H]1O. The summed E-state index contributed by atoms with van der Waals surface area (Å²) in [4.78, 5) is 12.1. The van der Waals surface area contributed by atoms with Crippen LogP contribution in [0.2, 0.25) is 0 Å². The van der Waals surface area contributed by atoms with Gasteiger partial charge in [0.05, 0.1) is 18.8 Å². The summed E-state index contributed by atoms with van der Waals surface area (Å²) in [5.41, 5.74) is 2.00. The number of benzene rings is 1. The molecule has 0 saturated carbocycles. The second-order valence-corrected chi connectivity index (χ2v) is 6.09. The number of carbonyl (C=O) groups excluding carboxylic acids is 1. The van der Waals surface area contributed by atoms with Crippen molar-refractivity contribution in [1.29, 1.82) is 0 Å². The van der Waals surface area contributed by atoms with Crippen LogP contribution in [-0.2, 0) is 4.79 Å². The monoisotopic (exact) mass is 317 g/mol. The molecule has 1 heterocycles. The van der Waals surface area contributed by atoms with Gasteiger partial charge in [0.25, 0.3) is 5.91 Å². The van der Waals surface area contributed by atoms with Crippen molar-refractivity contribution in [2.24, 2.45) is 0 Å². The highest BCUT2D eigenvalue weighted by Gasteiger charge is 2.44. The first-order valence-electron chi connectivity index (χ1n) is 6.40. The number of aliphatic hydroxyl groups is 2. The van der Waals surface area contributed by atoms with Gasteiger partial charge >= 0.3 is 0 Å². The Morgan fingerprint density at radius 2 is 2.10 bits per heavy atom. The Hall–Kier alpha value is -0.810. The van der Waals surface area contributed by atoms with Crippen LogP contribution < -0.4 is 0 Å². The minimum absolute atomic E-state index is 0.246. The van der Waals surface area contributed by atoms with Crippen LogP contribution in [0, 0.1) is 6.92 Å². The van der Waals surface area contributed by atoms with Gasteiger partial charge in [0, 0.05) is 12.5 Å². The summed E-state index contributed by atoms with van der Waals surface area (Å²) in [7, 11) is 0. The molecule has 20 heavy (non-hydrogen) atoms. The Morgan fingerprint density at radius 1 is 1.45 bits per heavy atom. The Kier molecular flexibility index (Phi) is 4.91. The van der Waals surface area contributed by atoms with E-state index in [4.69, 9.17) is 23.2 Å². The Morgan fingerprint density at radius 3 is 2.65 bits per heavy atom. The smallest absolute Gasteiger partial charge is 0.256 e. The number of rotatable bonds is 3. The van der Waals surface area contributed by atoms with Crippen molar-refractivity contribution in [1.82, 2.24) is 4.90 Å². The van der Waals surface area contributed by atoms with Crippen LogP contribution in [0.3, 0.4) is 0 Å². The predicted molar refractivity (Wildman–Crippen MR) is 78.0 cm³/mol. The Labute approximate surface area is 127 Å². The van der Waals surface area contributed by atoms with Crippen LogP contribution in [0.1, 0.15) is 17.0 Å². The average Bonchev–Trinajstić information content (AvgIpc) is 2.75. The van der Waals surface area contributed by atoms with Crippen LogP contribution in [-0.4, -0.2) is 51.2 Å². The molecule has 1 fully saturated rings. The van der Waals surface area contributed by atoms with E-state index in [1.807, 2.05) is 31.2 Å². The molecular formula is C14H17Cl2NO3. The van der Waals surface area contributed by atoms with Crippen molar-refractivity contribution in [3.63, 3.8) is 0 Å². The van der Waals surface area contributed by atoms with Crippen molar-refractivity contribution in [3.05, 3.63) is 35.4 Å². The van der Waals surface area contributed by atoms with Gasteiger partial charge < -0.3 is 15.1 Å². The molecule has 1 saturated heterocycles. The summed E-state index contributed by atoms with van der Waals surface area (Å²) >= 11 is 11.2. The minimum atomic E-state index is -1.19. The van der Waals surface area contributed by atoms with Gasteiger partial charge in [-0.1, -0.05) is 47.5 Å². The molecule has 3 atom stereocenters. The van der Waals surface area contributed by atoms with E-state index in [0.29, 0.717) is 6.54 Å². The first kappa shape index (κ1) is 15.6. The molecule has 2 N–H and O–H groups in total. The lowest BCUT2D eigenvalue weighted by Gasteiger charge is -2.24. The normalized spacial score (nSPS) is 26.3. The molecule has 2 rings (SSSR count). The fourth-order valence-corrected chi connectivity index (χ4v) is 3.03. The number of amides is 1. The molecule has 0 radical (unpaired) electrons. The molecule has 0 aliphatic carbocycles. The summed E-state index contributed by atoms with van der Waals surface area (Å²) in [6.07, 6.45) is -0.836. The van der Waals surface area contributed by atoms with Gasteiger partial charge in [0.1, 0.15) is 0 Å². The molecule has 0 unspecified atom stereocenters. The topological polar surface area (TPSA) is 60.8 Å². The van der Waals surface area contributed by atoms with Gasteiger partial charge in [-0.15, -0.1) is 0 Å². The van der Waals surface area contributed by atoms with Gasteiger partial charge in [-0.2, -0.15) is 0 Å². The molecule has 4 nitrogen and oxygen atoms in total. The van der Waals surface area contributed by atoms with E-state index < -0.39 is 22.9 Å². The van der Waals surface area contributed by atoms with E-state index in [1.165, 1.54) is 4.90 Å². The van der Waals surface area contributed by atoms with Gasteiger partial charge in [-0.3, -0.25) is 4.79 Å². The number of hydrogen-bond acceptors (Lipinski definition) is 3. The van der Waals surface area contributed by atoms with Crippen LogP contribution in [0.5, 0.6) is 0 Å². The van der Waals surface area contributed by atoms with E-state index in [1.54, 1.807) is 0 Å². The molecule has 0 bridgehead atoms. The fourth-order valence-electron chi connectivity index (χ4n) is 2.78. The number of carbonyl (C=O) groups is 1. The maximum atomic E-state index is 12.0. The van der Waals surface area contributed by atoms with Crippen molar-refractivity contribution < 1.29 is 15.0 Å². The number of aryl methyl sites for hydroxylation is 1. The van der Waals surface area contributed by atoms with Crippen LogP contribution in [0.25, 0.3) is 0 Å². The number of aliphatic hydroxyl groups excluding tert-OH is 2. The number of nitrogens with zero attached hydrogens (tertiary/aromatic N) is 1. The average molecular weight is 318 g/mol. The van der Waals surface area contributed by atoms with Gasteiger partial charge in [-0.25, -0.2) is 0 Å². The van der Waals surface area contributed by atoms with Crippen LogP contribution in [0.4, 0.5) is 0 Å². The number of likely N-dealkylation sites (tertiary alicyclic amines) is 1. The largest absolute Gasteiger partial charge is 0.394 e. The number of halogens is 2. The Bertz CT molecular complexity index is 495. The number of alkyl halides is 2. The number of hydrogen-bond donors (Lipinski definition) is 2. The van der Waals surface area contributed by atoms with E-state index in [9.17, 15) is 15.0 Å². The predicted octanol–water partition coefficient (Wildman–Crippen LogP) is 1.45. The summed E-state index contributed by atoms with van der Waals surface area (Å²) in [6, 6.07) is 7.00. The zero-order valence-corrected chi connectivity index (χ0v) is 12.6.